The number of aryl methyl sites for hydroxylation is 1. The van der Waals surface area contributed by atoms with Crippen LogP contribution >= 0.6 is 0 Å². The molecule has 30 heavy (non-hydrogen) atoms. The van der Waals surface area contributed by atoms with Crippen LogP contribution in [-0.4, -0.2) is 45.8 Å². The molecule has 3 heterocycles. The number of aliphatic hydroxyl groups excluding tert-OH is 1. The molecule has 0 spiro atoms. The van der Waals surface area contributed by atoms with Crippen LogP contribution in [0, 0.1) is 6.92 Å². The number of pyridine rings is 1. The summed E-state index contributed by atoms with van der Waals surface area (Å²) in [7, 11) is 0. The Balaban J connectivity index is 1.63. The number of rotatable bonds is 7. The third kappa shape index (κ3) is 3.87. The number of aromatic nitrogens is 2. The highest BCUT2D eigenvalue weighted by Gasteiger charge is 2.29. The molecule has 3 unspecified atom stereocenters. The van der Waals surface area contributed by atoms with Crippen LogP contribution in [0.25, 0.3) is 11.3 Å². The minimum absolute atomic E-state index is 0.0151. The summed E-state index contributed by atoms with van der Waals surface area (Å²) in [5, 5.41) is 19.6. The summed E-state index contributed by atoms with van der Waals surface area (Å²) in [5.74, 6) is 0.822. The molecule has 0 radical (unpaired) electrons. The van der Waals surface area contributed by atoms with Crippen LogP contribution in [0.4, 0.5) is 5.82 Å². The molecule has 2 aromatic rings. The van der Waals surface area contributed by atoms with Crippen molar-refractivity contribution >= 4 is 11.7 Å². The van der Waals surface area contributed by atoms with E-state index in [0.717, 1.165) is 71.6 Å². The van der Waals surface area contributed by atoms with Gasteiger partial charge in [0.15, 0.2) is 0 Å². The van der Waals surface area contributed by atoms with Crippen molar-refractivity contribution < 1.29 is 9.90 Å². The zero-order chi connectivity index (χ0) is 21.3. The molecule has 1 amide bonds. The number of aliphatic hydroxyl groups is 1. The van der Waals surface area contributed by atoms with Crippen LogP contribution in [0.15, 0.2) is 24.9 Å². The zero-order valence-corrected chi connectivity index (χ0v) is 17.7. The van der Waals surface area contributed by atoms with Crippen LogP contribution in [0.3, 0.4) is 0 Å². The molecule has 1 aliphatic carbocycles. The number of carbonyl (C=O) groups is 1. The number of nitrogens with zero attached hydrogens (tertiary/aromatic N) is 1. The SMILES string of the molecule is C=CC(O)NC1CCCC1Nc1cc(-c2[nH]c3c(c2CC)C(=O)NCC3)c(C)cn1. The first kappa shape index (κ1) is 20.6. The van der Waals surface area contributed by atoms with Crippen molar-refractivity contribution in [3.8, 4) is 11.3 Å². The van der Waals surface area contributed by atoms with Crippen molar-refractivity contribution in [3.63, 3.8) is 0 Å². The highest BCUT2D eigenvalue weighted by atomic mass is 16.3. The molecule has 160 valence electrons. The van der Waals surface area contributed by atoms with Crippen molar-refractivity contribution in [2.24, 2.45) is 0 Å². The Kier molecular flexibility index (Phi) is 5.92. The van der Waals surface area contributed by atoms with Gasteiger partial charge in [-0.05, 0) is 55.9 Å². The first-order chi connectivity index (χ1) is 14.5. The van der Waals surface area contributed by atoms with E-state index in [2.05, 4.69) is 45.5 Å². The van der Waals surface area contributed by atoms with Gasteiger partial charge >= 0.3 is 0 Å². The van der Waals surface area contributed by atoms with Crippen molar-refractivity contribution in [2.75, 3.05) is 11.9 Å². The van der Waals surface area contributed by atoms with Gasteiger partial charge in [-0.1, -0.05) is 13.5 Å². The van der Waals surface area contributed by atoms with Crippen LogP contribution < -0.4 is 16.0 Å². The highest BCUT2D eigenvalue weighted by Crippen LogP contribution is 2.34. The minimum Gasteiger partial charge on any atom is -0.375 e. The average Bonchev–Trinajstić information content (AvgIpc) is 3.34. The molecular weight excluding hydrogens is 378 g/mol. The number of anilines is 1. The summed E-state index contributed by atoms with van der Waals surface area (Å²) in [6.07, 6.45) is 7.40. The number of nitrogens with one attached hydrogen (secondary N) is 4. The van der Waals surface area contributed by atoms with E-state index in [1.807, 2.05) is 13.1 Å². The Bertz CT molecular complexity index is 951. The molecule has 3 atom stereocenters. The monoisotopic (exact) mass is 409 g/mol. The number of fused-ring (bicyclic) bond motifs is 1. The molecule has 0 bridgehead atoms. The largest absolute Gasteiger partial charge is 0.375 e. The zero-order valence-electron chi connectivity index (χ0n) is 17.7. The summed E-state index contributed by atoms with van der Waals surface area (Å²) < 4.78 is 0. The van der Waals surface area contributed by atoms with Gasteiger partial charge in [0.25, 0.3) is 5.91 Å². The van der Waals surface area contributed by atoms with Crippen LogP contribution in [0.1, 0.15) is 53.4 Å². The molecule has 1 aliphatic heterocycles. The molecule has 7 heteroatoms. The highest BCUT2D eigenvalue weighted by molar-refractivity contribution is 6.00. The first-order valence-electron chi connectivity index (χ1n) is 10.8. The van der Waals surface area contributed by atoms with Crippen LogP contribution in [0.5, 0.6) is 0 Å². The second-order valence-corrected chi connectivity index (χ2v) is 8.21. The van der Waals surface area contributed by atoms with E-state index in [1.165, 1.54) is 6.08 Å². The van der Waals surface area contributed by atoms with Crippen molar-refractivity contribution in [2.45, 2.75) is 64.3 Å². The molecule has 5 N–H and O–H groups in total. The molecule has 7 nitrogen and oxygen atoms in total. The van der Waals surface area contributed by atoms with Gasteiger partial charge in [-0.25, -0.2) is 4.98 Å². The number of carbonyl (C=O) groups excluding carboxylic acids is 1. The van der Waals surface area contributed by atoms with Crippen molar-refractivity contribution in [1.82, 2.24) is 20.6 Å². The lowest BCUT2D eigenvalue weighted by molar-refractivity contribution is 0.0945. The van der Waals surface area contributed by atoms with Gasteiger partial charge in [-0.3, -0.25) is 10.1 Å². The number of hydrogen-bond donors (Lipinski definition) is 5. The number of amides is 1. The summed E-state index contributed by atoms with van der Waals surface area (Å²) >= 11 is 0. The van der Waals surface area contributed by atoms with Gasteiger partial charge in [-0.15, -0.1) is 0 Å². The fourth-order valence-corrected chi connectivity index (χ4v) is 4.71. The van der Waals surface area contributed by atoms with Gasteiger partial charge in [0.05, 0.1) is 11.3 Å². The van der Waals surface area contributed by atoms with Crippen LogP contribution in [0.2, 0.25) is 0 Å². The lowest BCUT2D eigenvalue weighted by Gasteiger charge is -2.24. The molecule has 2 aromatic heterocycles. The number of aromatic amines is 1. The lowest BCUT2D eigenvalue weighted by atomic mass is 9.97. The van der Waals surface area contributed by atoms with E-state index in [9.17, 15) is 9.90 Å². The van der Waals surface area contributed by atoms with E-state index in [1.54, 1.807) is 0 Å². The molecule has 1 fully saturated rings. The van der Waals surface area contributed by atoms with Gasteiger partial charge < -0.3 is 20.7 Å². The predicted octanol–water partition coefficient (Wildman–Crippen LogP) is 2.66. The quantitative estimate of drug-likeness (QED) is 0.357. The van der Waals surface area contributed by atoms with E-state index in [4.69, 9.17) is 0 Å². The van der Waals surface area contributed by atoms with Crippen molar-refractivity contribution in [1.29, 1.82) is 0 Å². The maximum Gasteiger partial charge on any atom is 0.253 e. The molecule has 0 aromatic carbocycles. The van der Waals surface area contributed by atoms with E-state index in [-0.39, 0.29) is 18.0 Å². The second kappa shape index (κ2) is 8.62. The summed E-state index contributed by atoms with van der Waals surface area (Å²) in [5.41, 5.74) is 6.05. The molecule has 1 saturated carbocycles. The minimum atomic E-state index is -0.706. The van der Waals surface area contributed by atoms with E-state index < -0.39 is 6.23 Å². The third-order valence-corrected chi connectivity index (χ3v) is 6.25. The molecule has 4 rings (SSSR count). The summed E-state index contributed by atoms with van der Waals surface area (Å²) in [6.45, 7) is 8.44. The number of hydrogen-bond acceptors (Lipinski definition) is 5. The number of H-pyrrole nitrogens is 1. The molecular formula is C23H31N5O2. The Morgan fingerprint density at radius 3 is 2.97 bits per heavy atom. The Morgan fingerprint density at radius 2 is 2.20 bits per heavy atom. The maximum atomic E-state index is 12.5. The van der Waals surface area contributed by atoms with Gasteiger partial charge in [0.2, 0.25) is 0 Å². The summed E-state index contributed by atoms with van der Waals surface area (Å²) in [4.78, 5) is 20.6. The summed E-state index contributed by atoms with van der Waals surface area (Å²) in [6, 6.07) is 2.43. The van der Waals surface area contributed by atoms with Gasteiger partial charge in [0.1, 0.15) is 12.0 Å². The molecule has 2 aliphatic rings. The fraction of sp³-hybridized carbons (Fsp3) is 0.478. The van der Waals surface area contributed by atoms with E-state index in [0.29, 0.717) is 6.54 Å². The second-order valence-electron chi connectivity index (χ2n) is 8.21. The fourth-order valence-electron chi connectivity index (χ4n) is 4.71. The predicted molar refractivity (Wildman–Crippen MR) is 119 cm³/mol. The maximum absolute atomic E-state index is 12.5. The topological polar surface area (TPSA) is 102 Å². The Hall–Kier alpha value is -2.64. The standard InChI is InChI=1S/C23H31N5O2/c1-4-14-21-18(9-10-24-23(21)30)28-22(14)15-11-19(25-12-13(15)3)26-16-7-6-8-17(16)27-20(29)5-2/h5,11-12,16-17,20,27-29H,2,4,6-10H2,1,3H3,(H,24,30)(H,25,26). The normalized spacial score (nSPS) is 21.8. The smallest absolute Gasteiger partial charge is 0.253 e. The van der Waals surface area contributed by atoms with Crippen LogP contribution in [-0.2, 0) is 12.8 Å². The average molecular weight is 410 g/mol. The molecule has 0 saturated heterocycles. The lowest BCUT2D eigenvalue weighted by Crippen LogP contribution is -2.44. The van der Waals surface area contributed by atoms with Gasteiger partial charge in [0, 0.05) is 42.5 Å². The van der Waals surface area contributed by atoms with Crippen molar-refractivity contribution in [3.05, 3.63) is 47.3 Å². The van der Waals surface area contributed by atoms with E-state index >= 15 is 0 Å². The first-order valence-corrected chi connectivity index (χ1v) is 10.8. The third-order valence-electron chi connectivity index (χ3n) is 6.25. The Morgan fingerprint density at radius 1 is 1.40 bits per heavy atom. The Labute approximate surface area is 177 Å². The van der Waals surface area contributed by atoms with Gasteiger partial charge in [-0.2, -0.15) is 0 Å².